The fraction of sp³-hybridized carbons (Fsp3) is 0.462. The molecule has 0 amide bonds. The molecule has 21 heavy (non-hydrogen) atoms. The summed E-state index contributed by atoms with van der Waals surface area (Å²) >= 11 is 0. The SMILES string of the molecule is CCCCNc1nc(S(C)(=O)=O)nc2cc(C)[nH]c(=O)c12. The summed E-state index contributed by atoms with van der Waals surface area (Å²) in [6, 6.07) is 1.64. The highest BCUT2D eigenvalue weighted by Crippen LogP contribution is 2.19. The van der Waals surface area contributed by atoms with Crippen LogP contribution >= 0.6 is 0 Å². The molecule has 2 rings (SSSR count). The van der Waals surface area contributed by atoms with E-state index < -0.39 is 9.84 Å². The van der Waals surface area contributed by atoms with Crippen molar-refractivity contribution in [2.45, 2.75) is 31.8 Å². The maximum Gasteiger partial charge on any atom is 0.261 e. The minimum Gasteiger partial charge on any atom is -0.369 e. The molecule has 7 nitrogen and oxygen atoms in total. The fourth-order valence-electron chi connectivity index (χ4n) is 1.95. The monoisotopic (exact) mass is 310 g/mol. The Morgan fingerprint density at radius 3 is 2.67 bits per heavy atom. The maximum absolute atomic E-state index is 12.1. The summed E-state index contributed by atoms with van der Waals surface area (Å²) in [4.78, 5) is 22.8. The lowest BCUT2D eigenvalue weighted by atomic mass is 10.2. The highest BCUT2D eigenvalue weighted by Gasteiger charge is 2.17. The molecule has 2 aromatic rings. The van der Waals surface area contributed by atoms with Gasteiger partial charge in [0.15, 0.2) is 0 Å². The Kier molecular flexibility index (Phi) is 4.26. The normalized spacial score (nSPS) is 11.8. The van der Waals surface area contributed by atoms with E-state index in [1.165, 1.54) is 0 Å². The van der Waals surface area contributed by atoms with Crippen LogP contribution in [0.2, 0.25) is 0 Å². The van der Waals surface area contributed by atoms with Gasteiger partial charge in [0.05, 0.1) is 5.52 Å². The Hall–Kier alpha value is -1.96. The van der Waals surface area contributed by atoms with Crippen molar-refractivity contribution in [1.82, 2.24) is 15.0 Å². The fourth-order valence-corrected chi connectivity index (χ4v) is 2.47. The van der Waals surface area contributed by atoms with Gasteiger partial charge in [0.1, 0.15) is 11.2 Å². The molecule has 0 saturated carbocycles. The van der Waals surface area contributed by atoms with Crippen LogP contribution in [0, 0.1) is 6.92 Å². The molecule has 8 heteroatoms. The number of pyridine rings is 1. The van der Waals surface area contributed by atoms with Crippen molar-refractivity contribution >= 4 is 26.6 Å². The molecule has 0 radical (unpaired) electrons. The average molecular weight is 310 g/mol. The first-order valence-electron chi connectivity index (χ1n) is 6.68. The zero-order chi connectivity index (χ0) is 15.6. The van der Waals surface area contributed by atoms with Gasteiger partial charge in [-0.15, -0.1) is 0 Å². The van der Waals surface area contributed by atoms with Crippen molar-refractivity contribution in [3.8, 4) is 0 Å². The third-order valence-electron chi connectivity index (χ3n) is 2.96. The third-order valence-corrected chi connectivity index (χ3v) is 3.81. The van der Waals surface area contributed by atoms with Gasteiger partial charge in [0.25, 0.3) is 5.56 Å². The van der Waals surface area contributed by atoms with Crippen LogP contribution in [0.3, 0.4) is 0 Å². The number of aromatic nitrogens is 3. The van der Waals surface area contributed by atoms with E-state index in [1.807, 2.05) is 6.92 Å². The summed E-state index contributed by atoms with van der Waals surface area (Å²) < 4.78 is 23.4. The molecule has 2 aromatic heterocycles. The molecule has 0 atom stereocenters. The van der Waals surface area contributed by atoms with Crippen molar-refractivity contribution in [2.75, 3.05) is 18.1 Å². The van der Waals surface area contributed by atoms with E-state index in [9.17, 15) is 13.2 Å². The first-order chi connectivity index (χ1) is 9.82. The molecule has 0 aliphatic rings. The average Bonchev–Trinajstić information content (AvgIpc) is 2.36. The number of hydrogen-bond donors (Lipinski definition) is 2. The van der Waals surface area contributed by atoms with E-state index in [0.717, 1.165) is 19.1 Å². The van der Waals surface area contributed by atoms with E-state index in [0.29, 0.717) is 17.8 Å². The molecule has 0 aliphatic carbocycles. The summed E-state index contributed by atoms with van der Waals surface area (Å²) in [5.74, 6) is 0.259. The first-order valence-corrected chi connectivity index (χ1v) is 8.57. The molecular weight excluding hydrogens is 292 g/mol. The van der Waals surface area contributed by atoms with Crippen LogP contribution in [0.15, 0.2) is 16.0 Å². The Morgan fingerprint density at radius 2 is 2.05 bits per heavy atom. The number of nitrogens with zero attached hydrogens (tertiary/aromatic N) is 2. The van der Waals surface area contributed by atoms with Gasteiger partial charge in [0, 0.05) is 18.5 Å². The Bertz CT molecular complexity index is 827. The zero-order valence-corrected chi connectivity index (χ0v) is 13.0. The lowest BCUT2D eigenvalue weighted by Gasteiger charge is -2.09. The highest BCUT2D eigenvalue weighted by atomic mass is 32.2. The number of anilines is 1. The number of H-pyrrole nitrogens is 1. The number of nitrogens with one attached hydrogen (secondary N) is 2. The number of aryl methyl sites for hydroxylation is 1. The van der Waals surface area contributed by atoms with Crippen LogP contribution in [0.5, 0.6) is 0 Å². The van der Waals surface area contributed by atoms with Crippen LogP contribution < -0.4 is 10.9 Å². The van der Waals surface area contributed by atoms with E-state index in [4.69, 9.17) is 0 Å². The largest absolute Gasteiger partial charge is 0.369 e. The zero-order valence-electron chi connectivity index (χ0n) is 12.2. The topological polar surface area (TPSA) is 105 Å². The van der Waals surface area contributed by atoms with Gasteiger partial charge in [-0.2, -0.15) is 0 Å². The van der Waals surface area contributed by atoms with Crippen molar-refractivity contribution in [2.24, 2.45) is 0 Å². The standard InChI is InChI=1S/C13H18N4O3S/c1-4-5-6-14-11-10-9(7-8(2)15-12(10)18)16-13(17-11)21(3,19)20/h7H,4-6H2,1-3H3,(H,15,18)(H,14,16,17). The quantitative estimate of drug-likeness (QED) is 0.636. The molecule has 2 heterocycles. The highest BCUT2D eigenvalue weighted by molar-refractivity contribution is 7.90. The van der Waals surface area contributed by atoms with Crippen LogP contribution in [0.25, 0.3) is 10.9 Å². The Morgan fingerprint density at radius 1 is 1.33 bits per heavy atom. The number of hydrogen-bond acceptors (Lipinski definition) is 6. The molecular formula is C13H18N4O3S. The molecule has 0 aliphatic heterocycles. The number of aromatic amines is 1. The summed E-state index contributed by atoms with van der Waals surface area (Å²) in [6.07, 6.45) is 2.91. The summed E-state index contributed by atoms with van der Waals surface area (Å²) in [5, 5.41) is 3.03. The molecule has 0 saturated heterocycles. The van der Waals surface area contributed by atoms with Crippen molar-refractivity contribution in [1.29, 1.82) is 0 Å². The van der Waals surface area contributed by atoms with Gasteiger partial charge in [-0.25, -0.2) is 18.4 Å². The molecule has 0 unspecified atom stereocenters. The van der Waals surface area contributed by atoms with Crippen molar-refractivity contribution in [3.63, 3.8) is 0 Å². The minimum atomic E-state index is -3.55. The number of fused-ring (bicyclic) bond motifs is 1. The smallest absolute Gasteiger partial charge is 0.261 e. The second kappa shape index (κ2) is 5.80. The molecule has 114 valence electrons. The van der Waals surface area contributed by atoms with Crippen molar-refractivity contribution < 1.29 is 8.42 Å². The lowest BCUT2D eigenvalue weighted by Crippen LogP contribution is -2.16. The van der Waals surface area contributed by atoms with E-state index in [2.05, 4.69) is 20.3 Å². The Balaban J connectivity index is 2.70. The third kappa shape index (κ3) is 3.38. The molecule has 0 bridgehead atoms. The van der Waals surface area contributed by atoms with Crippen LogP contribution in [-0.4, -0.2) is 36.2 Å². The van der Waals surface area contributed by atoms with E-state index in [1.54, 1.807) is 13.0 Å². The number of rotatable bonds is 5. The van der Waals surface area contributed by atoms with Gasteiger partial charge in [-0.05, 0) is 19.4 Å². The Labute approximate surface area is 122 Å². The minimum absolute atomic E-state index is 0.259. The predicted molar refractivity (Wildman–Crippen MR) is 81.4 cm³/mol. The maximum atomic E-state index is 12.1. The second-order valence-corrected chi connectivity index (χ2v) is 6.86. The van der Waals surface area contributed by atoms with Gasteiger partial charge in [0.2, 0.25) is 15.0 Å². The van der Waals surface area contributed by atoms with Crippen LogP contribution in [-0.2, 0) is 9.84 Å². The van der Waals surface area contributed by atoms with Crippen LogP contribution in [0.4, 0.5) is 5.82 Å². The lowest BCUT2D eigenvalue weighted by molar-refractivity contribution is 0.594. The molecule has 2 N–H and O–H groups in total. The number of sulfone groups is 1. The first kappa shape index (κ1) is 15.4. The summed E-state index contributed by atoms with van der Waals surface area (Å²) in [7, 11) is -3.55. The van der Waals surface area contributed by atoms with Gasteiger partial charge < -0.3 is 10.3 Å². The molecule has 0 spiro atoms. The van der Waals surface area contributed by atoms with Gasteiger partial charge in [-0.3, -0.25) is 4.79 Å². The van der Waals surface area contributed by atoms with Gasteiger partial charge >= 0.3 is 0 Å². The summed E-state index contributed by atoms with van der Waals surface area (Å²) in [5.41, 5.74) is 0.611. The second-order valence-electron chi connectivity index (χ2n) is 4.95. The number of unbranched alkanes of at least 4 members (excludes halogenated alkanes) is 1. The van der Waals surface area contributed by atoms with Crippen LogP contribution in [0.1, 0.15) is 25.5 Å². The van der Waals surface area contributed by atoms with E-state index >= 15 is 0 Å². The summed E-state index contributed by atoms with van der Waals surface area (Å²) in [6.45, 7) is 4.37. The van der Waals surface area contributed by atoms with Crippen molar-refractivity contribution in [3.05, 3.63) is 22.1 Å². The predicted octanol–water partition coefficient (Wildman–Crippen LogP) is 1.24. The molecule has 0 aromatic carbocycles. The van der Waals surface area contributed by atoms with Gasteiger partial charge in [-0.1, -0.05) is 13.3 Å². The van der Waals surface area contributed by atoms with E-state index in [-0.39, 0.29) is 21.9 Å². The molecule has 0 fully saturated rings.